The molecule has 128 valence electrons. The molecule has 0 aromatic heterocycles. The van der Waals surface area contributed by atoms with Gasteiger partial charge in [0.15, 0.2) is 5.96 Å². The molecule has 1 aliphatic rings. The van der Waals surface area contributed by atoms with Crippen molar-refractivity contribution in [3.63, 3.8) is 0 Å². The van der Waals surface area contributed by atoms with Crippen molar-refractivity contribution in [3.8, 4) is 0 Å². The second-order valence-corrected chi connectivity index (χ2v) is 5.72. The Morgan fingerprint density at radius 2 is 2.04 bits per heavy atom. The van der Waals surface area contributed by atoms with Gasteiger partial charge in [0.2, 0.25) is 0 Å². The van der Waals surface area contributed by atoms with Gasteiger partial charge in [0.1, 0.15) is 5.82 Å². The van der Waals surface area contributed by atoms with E-state index in [1.807, 2.05) is 12.1 Å². The maximum absolute atomic E-state index is 13.2. The lowest BCUT2D eigenvalue weighted by Crippen LogP contribution is -2.41. The van der Waals surface area contributed by atoms with Crippen molar-refractivity contribution in [1.29, 1.82) is 0 Å². The topological polar surface area (TPSA) is 62.9 Å². The van der Waals surface area contributed by atoms with E-state index in [1.165, 1.54) is 12.1 Å². The van der Waals surface area contributed by atoms with Crippen LogP contribution in [0.15, 0.2) is 29.3 Å². The molecule has 1 saturated heterocycles. The molecule has 0 saturated carbocycles. The number of nitrogens with zero attached hydrogens (tertiary/aromatic N) is 2. The zero-order valence-electron chi connectivity index (χ0n) is 13.8. The minimum Gasteiger partial charge on any atom is -0.379 e. The average Bonchev–Trinajstić information content (AvgIpc) is 2.58. The molecule has 1 aromatic rings. The van der Waals surface area contributed by atoms with Gasteiger partial charge < -0.3 is 15.8 Å². The quantitative estimate of drug-likeness (QED) is 0.457. The maximum atomic E-state index is 13.2. The molecule has 1 unspecified atom stereocenters. The molecule has 0 spiro atoms. The number of nitrogens with one attached hydrogen (secondary N) is 1. The van der Waals surface area contributed by atoms with Gasteiger partial charge in [-0.15, -0.1) is 0 Å². The minimum atomic E-state index is -0.223. The van der Waals surface area contributed by atoms with Gasteiger partial charge in [-0.25, -0.2) is 4.39 Å². The van der Waals surface area contributed by atoms with Gasteiger partial charge in [0.25, 0.3) is 0 Å². The molecular weight excluding hydrogens is 295 g/mol. The predicted molar refractivity (Wildman–Crippen MR) is 90.9 cm³/mol. The third-order valence-corrected chi connectivity index (χ3v) is 4.01. The summed E-state index contributed by atoms with van der Waals surface area (Å²) in [5, 5.41) is 3.13. The SMILES string of the molecule is CCCCNC(N)=NCC(c1ccc(F)cc1)N1CCOCC1. The van der Waals surface area contributed by atoms with E-state index in [-0.39, 0.29) is 11.9 Å². The molecule has 0 amide bonds. The molecule has 6 heteroatoms. The molecule has 2 rings (SSSR count). The minimum absolute atomic E-state index is 0.0889. The fourth-order valence-corrected chi connectivity index (χ4v) is 2.64. The molecule has 0 aliphatic carbocycles. The number of halogens is 1. The van der Waals surface area contributed by atoms with Crippen LogP contribution in [0.3, 0.4) is 0 Å². The second kappa shape index (κ2) is 9.47. The molecule has 3 N–H and O–H groups in total. The van der Waals surface area contributed by atoms with Gasteiger partial charge in [-0.1, -0.05) is 25.5 Å². The zero-order valence-corrected chi connectivity index (χ0v) is 13.8. The highest BCUT2D eigenvalue weighted by molar-refractivity contribution is 5.77. The Morgan fingerprint density at radius 1 is 1.35 bits per heavy atom. The van der Waals surface area contributed by atoms with E-state index in [2.05, 4.69) is 22.1 Å². The number of ether oxygens (including phenoxy) is 1. The van der Waals surface area contributed by atoms with Crippen LogP contribution < -0.4 is 11.1 Å². The van der Waals surface area contributed by atoms with Crippen LogP contribution in [-0.4, -0.2) is 50.3 Å². The van der Waals surface area contributed by atoms with E-state index in [0.29, 0.717) is 25.7 Å². The Balaban J connectivity index is 2.03. The largest absolute Gasteiger partial charge is 0.379 e. The zero-order chi connectivity index (χ0) is 16.5. The molecule has 23 heavy (non-hydrogen) atoms. The first-order valence-corrected chi connectivity index (χ1v) is 8.31. The first-order chi connectivity index (χ1) is 11.2. The van der Waals surface area contributed by atoms with Gasteiger partial charge in [0.05, 0.1) is 25.8 Å². The van der Waals surface area contributed by atoms with E-state index in [1.54, 1.807) is 0 Å². The van der Waals surface area contributed by atoms with Crippen LogP contribution in [0.5, 0.6) is 0 Å². The Labute approximate surface area is 137 Å². The van der Waals surface area contributed by atoms with E-state index >= 15 is 0 Å². The third kappa shape index (κ3) is 5.80. The second-order valence-electron chi connectivity index (χ2n) is 5.72. The van der Waals surface area contributed by atoms with Crippen molar-refractivity contribution >= 4 is 5.96 Å². The van der Waals surface area contributed by atoms with Crippen molar-refractivity contribution in [2.75, 3.05) is 39.4 Å². The lowest BCUT2D eigenvalue weighted by atomic mass is 10.0. The number of nitrogens with two attached hydrogens (primary N) is 1. The van der Waals surface area contributed by atoms with Crippen LogP contribution in [0.25, 0.3) is 0 Å². The Morgan fingerprint density at radius 3 is 2.70 bits per heavy atom. The van der Waals surface area contributed by atoms with Gasteiger partial charge in [0, 0.05) is 19.6 Å². The monoisotopic (exact) mass is 322 g/mol. The summed E-state index contributed by atoms with van der Waals surface area (Å²) in [6.45, 7) is 6.65. The normalized spacial score (nSPS) is 17.9. The molecule has 0 radical (unpaired) electrons. The standard InChI is InChI=1S/C17H27FN4O/c1-2-3-8-20-17(19)21-13-16(22-9-11-23-12-10-22)14-4-6-15(18)7-5-14/h4-7,16H,2-3,8-13H2,1H3,(H3,19,20,21). The van der Waals surface area contributed by atoms with Gasteiger partial charge >= 0.3 is 0 Å². The molecule has 1 fully saturated rings. The van der Waals surface area contributed by atoms with Crippen molar-refractivity contribution in [2.24, 2.45) is 10.7 Å². The number of rotatable bonds is 7. The summed E-state index contributed by atoms with van der Waals surface area (Å²) in [6, 6.07) is 6.73. The summed E-state index contributed by atoms with van der Waals surface area (Å²) in [5.74, 6) is 0.248. The van der Waals surface area contributed by atoms with Gasteiger partial charge in [-0.3, -0.25) is 9.89 Å². The molecule has 1 heterocycles. The summed E-state index contributed by atoms with van der Waals surface area (Å²) in [4.78, 5) is 6.80. The Bertz CT molecular complexity index is 486. The van der Waals surface area contributed by atoms with Crippen LogP contribution in [0.2, 0.25) is 0 Å². The molecule has 0 bridgehead atoms. The van der Waals surface area contributed by atoms with Crippen molar-refractivity contribution in [1.82, 2.24) is 10.2 Å². The predicted octanol–water partition coefficient (Wildman–Crippen LogP) is 1.90. The summed E-state index contributed by atoms with van der Waals surface area (Å²) < 4.78 is 18.6. The molecule has 5 nitrogen and oxygen atoms in total. The average molecular weight is 322 g/mol. The number of unbranched alkanes of at least 4 members (excludes halogenated alkanes) is 1. The number of morpholine rings is 1. The fourth-order valence-electron chi connectivity index (χ4n) is 2.64. The third-order valence-electron chi connectivity index (χ3n) is 4.01. The van der Waals surface area contributed by atoms with Crippen molar-refractivity contribution < 1.29 is 9.13 Å². The summed E-state index contributed by atoms with van der Waals surface area (Å²) in [5.41, 5.74) is 6.98. The maximum Gasteiger partial charge on any atom is 0.188 e. The van der Waals surface area contributed by atoms with Crippen LogP contribution >= 0.6 is 0 Å². The highest BCUT2D eigenvalue weighted by Crippen LogP contribution is 2.22. The number of benzene rings is 1. The van der Waals surface area contributed by atoms with Crippen LogP contribution in [-0.2, 0) is 4.74 Å². The summed E-state index contributed by atoms with van der Waals surface area (Å²) in [6.07, 6.45) is 2.19. The molecule has 1 aliphatic heterocycles. The Kier molecular flexibility index (Phi) is 7.29. The number of guanidine groups is 1. The first-order valence-electron chi connectivity index (χ1n) is 8.31. The fraction of sp³-hybridized carbons (Fsp3) is 0.588. The first kappa shape index (κ1) is 17.7. The van der Waals surface area contributed by atoms with E-state index in [4.69, 9.17) is 10.5 Å². The lowest BCUT2D eigenvalue weighted by Gasteiger charge is -2.34. The number of hydrogen-bond donors (Lipinski definition) is 2. The lowest BCUT2D eigenvalue weighted by molar-refractivity contribution is 0.0179. The molecule has 1 atom stereocenters. The van der Waals surface area contributed by atoms with Crippen LogP contribution in [0.4, 0.5) is 4.39 Å². The van der Waals surface area contributed by atoms with Crippen LogP contribution in [0.1, 0.15) is 31.4 Å². The molecular formula is C17H27FN4O. The van der Waals surface area contributed by atoms with Crippen LogP contribution in [0, 0.1) is 5.82 Å². The van der Waals surface area contributed by atoms with E-state index in [9.17, 15) is 4.39 Å². The van der Waals surface area contributed by atoms with Gasteiger partial charge in [-0.2, -0.15) is 0 Å². The summed E-state index contributed by atoms with van der Waals surface area (Å²) >= 11 is 0. The highest BCUT2D eigenvalue weighted by atomic mass is 19.1. The van der Waals surface area contributed by atoms with Crippen molar-refractivity contribution in [2.45, 2.75) is 25.8 Å². The van der Waals surface area contributed by atoms with Crippen molar-refractivity contribution in [3.05, 3.63) is 35.6 Å². The Hall–Kier alpha value is -1.66. The highest BCUT2D eigenvalue weighted by Gasteiger charge is 2.22. The van der Waals surface area contributed by atoms with E-state index < -0.39 is 0 Å². The number of aliphatic imine (C=N–C) groups is 1. The number of hydrogen-bond acceptors (Lipinski definition) is 3. The van der Waals surface area contributed by atoms with Gasteiger partial charge in [-0.05, 0) is 24.1 Å². The summed E-state index contributed by atoms with van der Waals surface area (Å²) in [7, 11) is 0. The van der Waals surface area contributed by atoms with E-state index in [0.717, 1.165) is 38.0 Å². The smallest absolute Gasteiger partial charge is 0.188 e. The molecule has 1 aromatic carbocycles.